The van der Waals surface area contributed by atoms with Crippen LogP contribution in [0.1, 0.15) is 53.5 Å². The number of carbonyl (C=O) groups is 2. The fourth-order valence-corrected chi connectivity index (χ4v) is 5.35. The summed E-state index contributed by atoms with van der Waals surface area (Å²) in [5, 5.41) is 0. The maximum Gasteiger partial charge on any atom is 0.181 e. The first-order valence-electron chi connectivity index (χ1n) is 12.6. The molecular weight excluding hydrogens is 480 g/mol. The van der Waals surface area contributed by atoms with E-state index in [1.165, 1.54) is 34.0 Å². The van der Waals surface area contributed by atoms with Gasteiger partial charge in [0.15, 0.2) is 11.6 Å². The highest BCUT2D eigenvalue weighted by Crippen LogP contribution is 2.44. The highest BCUT2D eigenvalue weighted by molar-refractivity contribution is 6.20. The van der Waals surface area contributed by atoms with Gasteiger partial charge in [-0.05, 0) is 60.1 Å². The zero-order chi connectivity index (χ0) is 27.9. The monoisotopic (exact) mass is 517 g/mol. The first-order chi connectivity index (χ1) is 18.2. The number of benzene rings is 3. The van der Waals surface area contributed by atoms with Crippen molar-refractivity contribution in [3.05, 3.63) is 83.4 Å². The highest BCUT2D eigenvalue weighted by Gasteiger charge is 2.45. The van der Waals surface area contributed by atoms with Gasteiger partial charge in [-0.25, -0.2) is 0 Å². The summed E-state index contributed by atoms with van der Waals surface area (Å²) in [4.78, 5) is 28.9. The standard InChI is InChI=1S/C32H37O6/c1-21(19-22-13-9-8-10-14-22)20-32(2,3)29(30(33)27-23(35-4)15-11-16-24(27)36-5)31(34)28-25(37-6)17-12-18-26(28)38-7/h9-18,21,29H,19-20H2,1-7H3. The average molecular weight is 518 g/mol. The topological polar surface area (TPSA) is 71.1 Å². The van der Waals surface area contributed by atoms with Crippen molar-refractivity contribution in [3.8, 4) is 23.0 Å². The summed E-state index contributed by atoms with van der Waals surface area (Å²) >= 11 is 0. The van der Waals surface area contributed by atoms with Crippen molar-refractivity contribution in [2.45, 2.75) is 33.6 Å². The maximum atomic E-state index is 14.4. The van der Waals surface area contributed by atoms with Crippen molar-refractivity contribution in [2.75, 3.05) is 28.4 Å². The van der Waals surface area contributed by atoms with Gasteiger partial charge >= 0.3 is 0 Å². The molecule has 6 heteroatoms. The minimum atomic E-state index is -1.07. The van der Waals surface area contributed by atoms with Crippen LogP contribution in [-0.4, -0.2) is 40.0 Å². The Bertz CT molecular complexity index is 1140. The van der Waals surface area contributed by atoms with E-state index in [4.69, 9.17) is 18.9 Å². The fourth-order valence-electron chi connectivity index (χ4n) is 5.35. The lowest BCUT2D eigenvalue weighted by molar-refractivity contribution is 0.0630. The van der Waals surface area contributed by atoms with Crippen molar-refractivity contribution in [2.24, 2.45) is 17.3 Å². The number of hydrogen-bond acceptors (Lipinski definition) is 6. The average Bonchev–Trinajstić information content (AvgIpc) is 2.91. The van der Waals surface area contributed by atoms with Crippen LogP contribution in [0.25, 0.3) is 0 Å². The van der Waals surface area contributed by atoms with Gasteiger partial charge in [-0.15, -0.1) is 0 Å². The number of hydrogen-bond donors (Lipinski definition) is 0. The maximum absolute atomic E-state index is 14.4. The minimum Gasteiger partial charge on any atom is -0.496 e. The smallest absolute Gasteiger partial charge is 0.181 e. The molecular formula is C32H37O6. The zero-order valence-corrected chi connectivity index (χ0v) is 23.3. The first-order valence-corrected chi connectivity index (χ1v) is 12.6. The van der Waals surface area contributed by atoms with Gasteiger partial charge in [-0.2, -0.15) is 0 Å². The summed E-state index contributed by atoms with van der Waals surface area (Å²) in [6.45, 7) is 6.07. The van der Waals surface area contributed by atoms with Gasteiger partial charge in [0.1, 0.15) is 34.1 Å². The Balaban J connectivity index is 2.14. The van der Waals surface area contributed by atoms with Crippen LogP contribution < -0.4 is 18.9 Å². The number of carbonyl (C=O) groups excluding carboxylic acids is 2. The molecule has 6 nitrogen and oxygen atoms in total. The van der Waals surface area contributed by atoms with E-state index in [0.29, 0.717) is 29.4 Å². The summed E-state index contributed by atoms with van der Waals surface area (Å²) in [5.41, 5.74) is 0.916. The van der Waals surface area contributed by atoms with E-state index in [-0.39, 0.29) is 28.6 Å². The molecule has 0 aliphatic carbocycles. The van der Waals surface area contributed by atoms with Crippen molar-refractivity contribution in [1.82, 2.24) is 0 Å². The van der Waals surface area contributed by atoms with E-state index in [1.54, 1.807) is 36.4 Å². The number of methoxy groups -OCH3 is 4. The second-order valence-corrected chi connectivity index (χ2v) is 10.1. The van der Waals surface area contributed by atoms with Crippen LogP contribution in [0.5, 0.6) is 23.0 Å². The minimum absolute atomic E-state index is 0.189. The van der Waals surface area contributed by atoms with Crippen LogP contribution in [0.2, 0.25) is 0 Å². The van der Waals surface area contributed by atoms with E-state index >= 15 is 0 Å². The number of Topliss-reactive ketones (excluding diaryl/α,β-unsaturated/α-hetero) is 2. The molecule has 3 rings (SSSR count). The van der Waals surface area contributed by atoms with Crippen molar-refractivity contribution >= 4 is 11.6 Å². The van der Waals surface area contributed by atoms with Crippen LogP contribution in [0.4, 0.5) is 0 Å². The predicted octanol–water partition coefficient (Wildman–Crippen LogP) is 6.50. The highest BCUT2D eigenvalue weighted by atomic mass is 16.5. The molecule has 0 heterocycles. The third-order valence-electron chi connectivity index (χ3n) is 6.90. The normalized spacial score (nSPS) is 12.1. The molecule has 0 amide bonds. The number of ketones is 2. The molecule has 0 saturated heterocycles. The Hall–Kier alpha value is -3.80. The van der Waals surface area contributed by atoms with Crippen molar-refractivity contribution in [1.29, 1.82) is 0 Å². The molecule has 201 valence electrons. The van der Waals surface area contributed by atoms with Gasteiger partial charge in [-0.3, -0.25) is 9.59 Å². The Morgan fingerprint density at radius 1 is 0.737 bits per heavy atom. The van der Waals surface area contributed by atoms with Gasteiger partial charge in [0.2, 0.25) is 0 Å². The molecule has 38 heavy (non-hydrogen) atoms. The second-order valence-electron chi connectivity index (χ2n) is 10.1. The van der Waals surface area contributed by atoms with Gasteiger partial charge in [0.25, 0.3) is 0 Å². The quantitative estimate of drug-likeness (QED) is 0.190. The van der Waals surface area contributed by atoms with E-state index < -0.39 is 11.3 Å². The molecule has 0 bridgehead atoms. The summed E-state index contributed by atoms with van der Waals surface area (Å²) in [6.07, 6.45) is 1.42. The largest absolute Gasteiger partial charge is 0.496 e. The molecule has 0 fully saturated rings. The SMILES string of the molecule is COc1cccc(OC)c1C(=O)C(C(=O)c1c(OC)cccc1OC)C(C)(C)CC(C)Cc1cc[c]cc1. The van der Waals surface area contributed by atoms with Gasteiger partial charge < -0.3 is 18.9 Å². The van der Waals surface area contributed by atoms with Crippen LogP contribution in [0.3, 0.4) is 0 Å². The van der Waals surface area contributed by atoms with E-state index in [1.807, 2.05) is 38.1 Å². The molecule has 1 unspecified atom stereocenters. The molecule has 0 spiro atoms. The first kappa shape index (κ1) is 28.8. The van der Waals surface area contributed by atoms with Crippen LogP contribution in [0, 0.1) is 23.3 Å². The molecule has 3 aromatic rings. The van der Waals surface area contributed by atoms with Gasteiger partial charge in [0, 0.05) is 0 Å². The molecule has 0 aliphatic rings. The molecule has 0 saturated carbocycles. The summed E-state index contributed by atoms with van der Waals surface area (Å²) in [5.74, 6) is -0.217. The lowest BCUT2D eigenvalue weighted by Crippen LogP contribution is -2.39. The lowest BCUT2D eigenvalue weighted by atomic mass is 9.66. The van der Waals surface area contributed by atoms with E-state index in [2.05, 4.69) is 13.0 Å². The number of rotatable bonds is 13. The Labute approximate surface area is 225 Å². The summed E-state index contributed by atoms with van der Waals surface area (Å²) in [7, 11) is 5.98. The van der Waals surface area contributed by atoms with Crippen molar-refractivity contribution in [3.63, 3.8) is 0 Å². The molecule has 0 N–H and O–H groups in total. The molecule has 0 aliphatic heterocycles. The Morgan fingerprint density at radius 2 is 1.13 bits per heavy atom. The molecule has 3 aromatic carbocycles. The molecule has 1 atom stereocenters. The molecule has 0 aromatic heterocycles. The Kier molecular flexibility index (Phi) is 9.56. The van der Waals surface area contributed by atoms with Gasteiger partial charge in [-0.1, -0.05) is 57.2 Å². The van der Waals surface area contributed by atoms with Crippen LogP contribution >= 0.6 is 0 Å². The summed E-state index contributed by atoms with van der Waals surface area (Å²) in [6, 6.07) is 21.2. The Morgan fingerprint density at radius 3 is 1.50 bits per heavy atom. The lowest BCUT2D eigenvalue weighted by Gasteiger charge is -2.35. The number of ether oxygens (including phenoxy) is 4. The van der Waals surface area contributed by atoms with Crippen LogP contribution in [-0.2, 0) is 6.42 Å². The second kappa shape index (κ2) is 12.6. The van der Waals surface area contributed by atoms with E-state index in [0.717, 1.165) is 6.42 Å². The van der Waals surface area contributed by atoms with E-state index in [9.17, 15) is 9.59 Å². The van der Waals surface area contributed by atoms with Crippen LogP contribution in [0.15, 0.2) is 60.7 Å². The predicted molar refractivity (Wildman–Crippen MR) is 148 cm³/mol. The summed E-state index contributed by atoms with van der Waals surface area (Å²) < 4.78 is 22.2. The fraction of sp³-hybridized carbons (Fsp3) is 0.375. The third-order valence-corrected chi connectivity index (χ3v) is 6.90. The van der Waals surface area contributed by atoms with Crippen molar-refractivity contribution < 1.29 is 28.5 Å². The zero-order valence-electron chi connectivity index (χ0n) is 23.3. The third kappa shape index (κ3) is 6.18. The van der Waals surface area contributed by atoms with Gasteiger partial charge in [0.05, 0.1) is 34.4 Å². The molecule has 1 radical (unpaired) electrons.